The van der Waals surface area contributed by atoms with Crippen LogP contribution in [0.2, 0.25) is 0 Å². The number of nitrogens with two attached hydrogens (primary N) is 1. The van der Waals surface area contributed by atoms with E-state index in [0.717, 1.165) is 10.4 Å². The number of benzene rings is 2. The minimum Gasteiger partial charge on any atom is -0.394 e. The highest BCUT2D eigenvalue weighted by atomic mass is 32.2. The summed E-state index contributed by atoms with van der Waals surface area (Å²) in [5.74, 6) is 0.570. The summed E-state index contributed by atoms with van der Waals surface area (Å²) < 4.78 is 31.1. The zero-order valence-corrected chi connectivity index (χ0v) is 29.4. The fourth-order valence-corrected chi connectivity index (χ4v) is 6.97. The van der Waals surface area contributed by atoms with Gasteiger partial charge in [-0.05, 0) is 41.8 Å². The van der Waals surface area contributed by atoms with Crippen molar-refractivity contribution in [2.75, 3.05) is 41.8 Å². The second kappa shape index (κ2) is 15.5. The van der Waals surface area contributed by atoms with Gasteiger partial charge in [0.15, 0.2) is 29.3 Å². The fraction of sp³-hybridized carbons (Fsp3) is 0.406. The number of nitrogens with zero attached hydrogens (tertiary/aromatic N) is 9. The molecule has 2 saturated heterocycles. The number of fused-ring (bicyclic) bond motifs is 1. The second-order valence-corrected chi connectivity index (χ2v) is 14.5. The molecule has 7 rings (SSSR count). The molecule has 0 bridgehead atoms. The molecule has 286 valence electrons. The van der Waals surface area contributed by atoms with Gasteiger partial charge in [-0.15, -0.1) is 10.2 Å². The van der Waals surface area contributed by atoms with Gasteiger partial charge in [0, 0.05) is 24.8 Å². The van der Waals surface area contributed by atoms with Crippen LogP contribution < -0.4 is 26.0 Å². The van der Waals surface area contributed by atoms with Crippen molar-refractivity contribution < 1.29 is 38.4 Å². The standard InChI is InChI=1S/C32H39N13O8S/c33-54(51,52)22-8-4-7-19(14-22)36-32(50)37-20-9-10-43(15-20)31-38-27(35-21(16-47)13-18-5-2-1-3-6-18)23-29(39-31)44(17-34-23)30-25(49)24(48)26(53-30)28-40-42-45(41-28)11-12-46/h1-8,14,17,20-21,24-26,30,46-49H,9-13,15-16H2,(H2,33,51,52)(H,35,38,39)(H2,36,37,50)/t20?,21-,24-,25+,26-,30+/m0/s1. The highest BCUT2D eigenvalue weighted by Gasteiger charge is 2.47. The molecule has 2 aliphatic heterocycles. The first kappa shape index (κ1) is 37.0. The van der Waals surface area contributed by atoms with Crippen LogP contribution in [0.25, 0.3) is 11.2 Å². The normalized spacial score (nSPS) is 22.1. The number of aliphatic hydroxyl groups is 4. The predicted octanol–water partition coefficient (Wildman–Crippen LogP) is -1.14. The molecule has 2 amide bonds. The van der Waals surface area contributed by atoms with Crippen LogP contribution in [-0.2, 0) is 27.7 Å². The lowest BCUT2D eigenvalue weighted by Crippen LogP contribution is -2.40. The van der Waals surface area contributed by atoms with Gasteiger partial charge in [-0.2, -0.15) is 14.8 Å². The molecular formula is C32H39N13O8S. The van der Waals surface area contributed by atoms with Crippen molar-refractivity contribution in [2.24, 2.45) is 5.14 Å². The molecule has 2 aliphatic rings. The van der Waals surface area contributed by atoms with Crippen LogP contribution in [0.1, 0.15) is 30.1 Å². The summed E-state index contributed by atoms with van der Waals surface area (Å²) in [5.41, 5.74) is 1.78. The lowest BCUT2D eigenvalue weighted by Gasteiger charge is -2.22. The Hall–Kier alpha value is -5.36. The SMILES string of the molecule is NS(=O)(=O)c1cccc(NC(=O)NC2CCN(c3nc(N[C@H](CO)Cc4ccccc4)c4ncn([C@@H]5O[C@H](c6nnn(CCO)n6)[C@@H](O)[C@H]5O)c4n3)C2)c1. The molecule has 0 aliphatic carbocycles. The monoisotopic (exact) mass is 765 g/mol. The van der Waals surface area contributed by atoms with Gasteiger partial charge in [-0.25, -0.2) is 23.3 Å². The minimum atomic E-state index is -3.96. The van der Waals surface area contributed by atoms with E-state index in [4.69, 9.17) is 19.8 Å². The Balaban J connectivity index is 1.15. The number of carbonyl (C=O) groups is 1. The Morgan fingerprint density at radius 3 is 2.65 bits per heavy atom. The number of aromatic nitrogens is 8. The zero-order valence-electron chi connectivity index (χ0n) is 28.6. The Bertz CT molecular complexity index is 2200. The van der Waals surface area contributed by atoms with Crippen LogP contribution in [0.5, 0.6) is 0 Å². The molecule has 0 radical (unpaired) electrons. The van der Waals surface area contributed by atoms with Gasteiger partial charge in [0.25, 0.3) is 0 Å². The number of anilines is 3. The number of urea groups is 1. The van der Waals surface area contributed by atoms with Gasteiger partial charge < -0.3 is 46.0 Å². The third-order valence-corrected chi connectivity index (χ3v) is 9.97. The largest absolute Gasteiger partial charge is 0.394 e. The van der Waals surface area contributed by atoms with Gasteiger partial charge >= 0.3 is 6.03 Å². The van der Waals surface area contributed by atoms with Gasteiger partial charge in [0.05, 0.1) is 37.0 Å². The average molecular weight is 766 g/mol. The van der Waals surface area contributed by atoms with Gasteiger partial charge in [0.2, 0.25) is 21.8 Å². The van der Waals surface area contributed by atoms with E-state index in [1.54, 1.807) is 0 Å². The third kappa shape index (κ3) is 7.94. The minimum absolute atomic E-state index is 0.0167. The van der Waals surface area contributed by atoms with Crippen LogP contribution in [0, 0.1) is 0 Å². The zero-order chi connectivity index (χ0) is 38.0. The average Bonchev–Trinajstić information content (AvgIpc) is 3.96. The number of carbonyl (C=O) groups excluding carboxylic acids is 1. The number of primary sulfonamides is 1. The van der Waals surface area contributed by atoms with E-state index in [-0.39, 0.29) is 53.8 Å². The molecule has 5 heterocycles. The van der Waals surface area contributed by atoms with E-state index in [9.17, 15) is 33.6 Å². The number of imidazole rings is 1. The first-order valence-electron chi connectivity index (χ1n) is 17.0. The molecular weight excluding hydrogens is 727 g/mol. The maximum absolute atomic E-state index is 12.9. The number of ether oxygens (including phenoxy) is 1. The van der Waals surface area contributed by atoms with Crippen molar-refractivity contribution in [2.45, 2.75) is 60.9 Å². The highest BCUT2D eigenvalue weighted by Crippen LogP contribution is 2.39. The summed E-state index contributed by atoms with van der Waals surface area (Å²) in [6.45, 7) is 0.363. The number of hydrogen-bond donors (Lipinski definition) is 8. The van der Waals surface area contributed by atoms with Gasteiger partial charge in [0.1, 0.15) is 12.2 Å². The first-order valence-corrected chi connectivity index (χ1v) is 18.6. The third-order valence-electron chi connectivity index (χ3n) is 9.06. The van der Waals surface area contributed by atoms with Crippen molar-refractivity contribution >= 4 is 44.7 Å². The fourth-order valence-electron chi connectivity index (χ4n) is 6.41. The smallest absolute Gasteiger partial charge is 0.319 e. The summed E-state index contributed by atoms with van der Waals surface area (Å²) in [6.07, 6.45) is -2.85. The molecule has 1 unspecified atom stereocenters. The molecule has 5 aromatic rings. The number of nitrogens with one attached hydrogen (secondary N) is 3. The Morgan fingerprint density at radius 2 is 1.89 bits per heavy atom. The Morgan fingerprint density at radius 1 is 1.07 bits per heavy atom. The number of tetrazole rings is 1. The van der Waals surface area contributed by atoms with Gasteiger partial charge in [-0.1, -0.05) is 36.4 Å². The molecule has 3 aromatic heterocycles. The van der Waals surface area contributed by atoms with Crippen molar-refractivity contribution in [1.29, 1.82) is 0 Å². The molecule has 21 nitrogen and oxygen atoms in total. The number of aliphatic hydroxyl groups excluding tert-OH is 4. The van der Waals surface area contributed by atoms with Crippen LogP contribution in [-0.4, -0.2) is 125 Å². The number of rotatable bonds is 13. The van der Waals surface area contributed by atoms with Crippen molar-refractivity contribution in [3.05, 3.63) is 72.3 Å². The summed E-state index contributed by atoms with van der Waals surface area (Å²) in [7, 11) is -3.96. The molecule has 2 aromatic carbocycles. The summed E-state index contributed by atoms with van der Waals surface area (Å²) in [4.78, 5) is 29.9. The predicted molar refractivity (Wildman–Crippen MR) is 190 cm³/mol. The van der Waals surface area contributed by atoms with Gasteiger partial charge in [-0.3, -0.25) is 4.57 Å². The van der Waals surface area contributed by atoms with E-state index >= 15 is 0 Å². The Labute approximate surface area is 307 Å². The molecule has 0 spiro atoms. The highest BCUT2D eigenvalue weighted by molar-refractivity contribution is 7.89. The summed E-state index contributed by atoms with van der Waals surface area (Å²) in [6, 6.07) is 13.8. The summed E-state index contributed by atoms with van der Waals surface area (Å²) in [5, 5.41) is 67.7. The van der Waals surface area contributed by atoms with Crippen molar-refractivity contribution in [3.8, 4) is 0 Å². The molecule has 22 heteroatoms. The maximum atomic E-state index is 12.9. The van der Waals surface area contributed by atoms with Crippen LogP contribution in [0.15, 0.2) is 65.8 Å². The van der Waals surface area contributed by atoms with E-state index in [1.807, 2.05) is 35.2 Å². The quantitative estimate of drug-likeness (QED) is 0.0703. The maximum Gasteiger partial charge on any atom is 0.319 e. The van der Waals surface area contributed by atoms with Crippen LogP contribution >= 0.6 is 0 Å². The lowest BCUT2D eigenvalue weighted by atomic mass is 10.1. The van der Waals surface area contributed by atoms with Crippen molar-refractivity contribution in [3.63, 3.8) is 0 Å². The second-order valence-electron chi connectivity index (χ2n) is 12.9. The molecule has 9 N–H and O–H groups in total. The lowest BCUT2D eigenvalue weighted by molar-refractivity contribution is -0.0384. The topological polar surface area (TPSA) is 294 Å². The van der Waals surface area contributed by atoms with Crippen LogP contribution in [0.3, 0.4) is 0 Å². The number of sulfonamides is 1. The number of amides is 2. The molecule has 6 atom stereocenters. The van der Waals surface area contributed by atoms with E-state index < -0.39 is 46.6 Å². The Kier molecular flexibility index (Phi) is 10.6. The molecule has 2 fully saturated rings. The van der Waals surface area contributed by atoms with Crippen LogP contribution in [0.4, 0.5) is 22.2 Å². The molecule has 54 heavy (non-hydrogen) atoms. The van der Waals surface area contributed by atoms with E-state index in [0.29, 0.717) is 37.3 Å². The molecule has 0 saturated carbocycles. The van der Waals surface area contributed by atoms with Crippen molar-refractivity contribution in [1.82, 2.24) is 45.0 Å². The van der Waals surface area contributed by atoms with E-state index in [1.165, 1.54) is 35.2 Å². The first-order chi connectivity index (χ1) is 26.0. The number of hydrogen-bond acceptors (Lipinski definition) is 16. The van der Waals surface area contributed by atoms with E-state index in [2.05, 4.69) is 36.3 Å². The summed E-state index contributed by atoms with van der Waals surface area (Å²) >= 11 is 0.